The molecule has 1 saturated carbocycles. The average molecular weight is 417 g/mol. The average Bonchev–Trinajstić information content (AvgIpc) is 2.78. The number of hydrogen-bond acceptors (Lipinski definition) is 3. The molecular formula is C26H28N2O3. The summed E-state index contributed by atoms with van der Waals surface area (Å²) in [6.07, 6.45) is 2.73. The fourth-order valence-electron chi connectivity index (χ4n) is 5.94. The maximum absolute atomic E-state index is 13.6. The van der Waals surface area contributed by atoms with Crippen molar-refractivity contribution >= 4 is 17.6 Å². The molecule has 5 rings (SSSR count). The molecule has 2 aromatic carbocycles. The molecule has 2 aliphatic heterocycles. The maximum atomic E-state index is 13.6. The molecule has 5 nitrogen and oxygen atoms in total. The number of hydrogen-bond donors (Lipinski definition) is 1. The summed E-state index contributed by atoms with van der Waals surface area (Å²) in [5.74, 6) is 0.595. The Balaban J connectivity index is 1.37. The van der Waals surface area contributed by atoms with E-state index in [9.17, 15) is 14.4 Å². The normalized spacial score (nSPS) is 24.4. The number of benzene rings is 2. The SMILES string of the molecule is O=C1CC(C(=O)N2CCC3(CC2)CC(=O)NCC3c2ccccc2)(c2ccccc2)C1. The minimum atomic E-state index is -0.703. The Kier molecular flexibility index (Phi) is 4.92. The van der Waals surface area contributed by atoms with Crippen molar-refractivity contribution in [3.8, 4) is 0 Å². The molecule has 1 atom stereocenters. The molecule has 31 heavy (non-hydrogen) atoms. The largest absolute Gasteiger partial charge is 0.355 e. The van der Waals surface area contributed by atoms with Crippen LogP contribution in [0, 0.1) is 5.41 Å². The standard InChI is InChI=1S/C26H28N2O3/c29-21-15-26(16-21,20-9-5-2-6-10-20)24(31)28-13-11-25(12-14-28)17-23(30)27-18-22(25)19-7-3-1-4-8-19/h1-10,22H,11-18H2,(H,27,30). The third-order valence-electron chi connectivity index (χ3n) is 7.74. The minimum absolute atomic E-state index is 0.0738. The Labute approximate surface area is 182 Å². The Morgan fingerprint density at radius 1 is 0.871 bits per heavy atom. The fourth-order valence-corrected chi connectivity index (χ4v) is 5.94. The number of amides is 2. The van der Waals surface area contributed by atoms with E-state index in [1.54, 1.807) is 0 Å². The lowest BCUT2D eigenvalue weighted by molar-refractivity contribution is -0.150. The number of carbonyl (C=O) groups excluding carboxylic acids is 3. The van der Waals surface area contributed by atoms with E-state index in [0.717, 1.165) is 18.4 Å². The topological polar surface area (TPSA) is 66.5 Å². The van der Waals surface area contributed by atoms with Gasteiger partial charge >= 0.3 is 0 Å². The zero-order valence-corrected chi connectivity index (χ0v) is 17.7. The van der Waals surface area contributed by atoms with Crippen LogP contribution in [0.25, 0.3) is 0 Å². The van der Waals surface area contributed by atoms with Crippen molar-refractivity contribution < 1.29 is 14.4 Å². The van der Waals surface area contributed by atoms with Crippen molar-refractivity contribution in [3.05, 3.63) is 71.8 Å². The Bertz CT molecular complexity index is 986. The van der Waals surface area contributed by atoms with E-state index < -0.39 is 5.41 Å². The molecular weight excluding hydrogens is 388 g/mol. The van der Waals surface area contributed by atoms with E-state index in [1.165, 1.54) is 5.56 Å². The Morgan fingerprint density at radius 3 is 2.10 bits per heavy atom. The van der Waals surface area contributed by atoms with Gasteiger partial charge in [0.1, 0.15) is 5.78 Å². The number of likely N-dealkylation sites (tertiary alicyclic amines) is 1. The predicted octanol–water partition coefficient (Wildman–Crippen LogP) is 3.20. The molecule has 0 radical (unpaired) electrons. The van der Waals surface area contributed by atoms with Crippen molar-refractivity contribution in [1.29, 1.82) is 0 Å². The zero-order chi connectivity index (χ0) is 21.5. The molecule has 2 aromatic rings. The number of Topliss-reactive ketones (excluding diaryl/α,β-unsaturated/α-hetero) is 1. The fraction of sp³-hybridized carbons (Fsp3) is 0.423. The highest BCUT2D eigenvalue weighted by Crippen LogP contribution is 2.50. The third-order valence-corrected chi connectivity index (χ3v) is 7.74. The molecule has 3 fully saturated rings. The van der Waals surface area contributed by atoms with E-state index in [1.807, 2.05) is 41.3 Å². The van der Waals surface area contributed by atoms with Crippen molar-refractivity contribution in [2.24, 2.45) is 5.41 Å². The highest BCUT2D eigenvalue weighted by Gasteiger charge is 2.54. The van der Waals surface area contributed by atoms with Crippen molar-refractivity contribution in [2.75, 3.05) is 19.6 Å². The highest BCUT2D eigenvalue weighted by molar-refractivity contribution is 6.04. The molecule has 0 aromatic heterocycles. The number of carbonyl (C=O) groups is 3. The van der Waals surface area contributed by atoms with Crippen LogP contribution in [0.1, 0.15) is 49.1 Å². The molecule has 1 unspecified atom stereocenters. The van der Waals surface area contributed by atoms with Crippen LogP contribution in [-0.2, 0) is 19.8 Å². The van der Waals surface area contributed by atoms with E-state index in [4.69, 9.17) is 0 Å². The Morgan fingerprint density at radius 2 is 1.48 bits per heavy atom. The molecule has 5 heteroatoms. The van der Waals surface area contributed by atoms with Crippen LogP contribution < -0.4 is 5.32 Å². The highest BCUT2D eigenvalue weighted by atomic mass is 16.2. The summed E-state index contributed by atoms with van der Waals surface area (Å²) >= 11 is 0. The zero-order valence-electron chi connectivity index (χ0n) is 17.7. The van der Waals surface area contributed by atoms with Crippen LogP contribution in [-0.4, -0.2) is 42.1 Å². The van der Waals surface area contributed by atoms with Gasteiger partial charge in [-0.15, -0.1) is 0 Å². The lowest BCUT2D eigenvalue weighted by Gasteiger charge is -2.51. The lowest BCUT2D eigenvalue weighted by Crippen LogP contribution is -2.58. The van der Waals surface area contributed by atoms with Crippen LogP contribution in [0.5, 0.6) is 0 Å². The quantitative estimate of drug-likeness (QED) is 0.836. The molecule has 1 aliphatic carbocycles. The van der Waals surface area contributed by atoms with Crippen LogP contribution >= 0.6 is 0 Å². The van der Waals surface area contributed by atoms with Crippen molar-refractivity contribution in [2.45, 2.75) is 43.4 Å². The van der Waals surface area contributed by atoms with E-state index in [2.05, 4.69) is 29.6 Å². The van der Waals surface area contributed by atoms with Crippen LogP contribution in [0.15, 0.2) is 60.7 Å². The summed E-state index contributed by atoms with van der Waals surface area (Å²) in [5, 5.41) is 3.05. The van der Waals surface area contributed by atoms with Crippen molar-refractivity contribution in [1.82, 2.24) is 10.2 Å². The van der Waals surface area contributed by atoms with E-state index >= 15 is 0 Å². The summed E-state index contributed by atoms with van der Waals surface area (Å²) < 4.78 is 0. The van der Waals surface area contributed by atoms with Crippen molar-refractivity contribution in [3.63, 3.8) is 0 Å². The van der Waals surface area contributed by atoms with Gasteiger partial charge in [0.05, 0.1) is 5.41 Å². The van der Waals surface area contributed by atoms with E-state index in [0.29, 0.717) is 38.9 Å². The van der Waals surface area contributed by atoms with E-state index in [-0.39, 0.29) is 28.9 Å². The summed E-state index contributed by atoms with van der Waals surface area (Å²) in [6.45, 7) is 1.93. The Hall–Kier alpha value is -2.95. The van der Waals surface area contributed by atoms with Gasteiger partial charge in [-0.25, -0.2) is 0 Å². The smallest absolute Gasteiger partial charge is 0.234 e. The second kappa shape index (κ2) is 7.63. The van der Waals surface area contributed by atoms with Gasteiger partial charge in [0, 0.05) is 44.8 Å². The number of nitrogens with one attached hydrogen (secondary N) is 1. The second-order valence-corrected chi connectivity index (χ2v) is 9.44. The first-order chi connectivity index (χ1) is 15.0. The third kappa shape index (κ3) is 3.36. The molecule has 2 saturated heterocycles. The summed E-state index contributed by atoms with van der Waals surface area (Å²) in [4.78, 5) is 39.8. The molecule has 0 bridgehead atoms. The minimum Gasteiger partial charge on any atom is -0.355 e. The van der Waals surface area contributed by atoms with Gasteiger partial charge in [-0.05, 0) is 29.4 Å². The number of rotatable bonds is 3. The van der Waals surface area contributed by atoms with Crippen LogP contribution in [0.2, 0.25) is 0 Å². The summed E-state index contributed by atoms with van der Waals surface area (Å²) in [6, 6.07) is 20.1. The molecule has 2 heterocycles. The van der Waals surface area contributed by atoms with Gasteiger partial charge in [-0.2, -0.15) is 0 Å². The van der Waals surface area contributed by atoms with Crippen LogP contribution in [0.3, 0.4) is 0 Å². The molecule has 2 amide bonds. The molecule has 160 valence electrons. The van der Waals surface area contributed by atoms with Gasteiger partial charge in [0.15, 0.2) is 0 Å². The first kappa shape index (κ1) is 20.0. The molecule has 1 spiro atoms. The van der Waals surface area contributed by atoms with Gasteiger partial charge < -0.3 is 10.2 Å². The first-order valence-electron chi connectivity index (χ1n) is 11.2. The van der Waals surface area contributed by atoms with Gasteiger partial charge in [0.2, 0.25) is 11.8 Å². The number of nitrogens with zero attached hydrogens (tertiary/aromatic N) is 1. The molecule has 1 N–H and O–H groups in total. The maximum Gasteiger partial charge on any atom is 0.234 e. The van der Waals surface area contributed by atoms with Gasteiger partial charge in [0.25, 0.3) is 0 Å². The lowest BCUT2D eigenvalue weighted by atomic mass is 9.60. The van der Waals surface area contributed by atoms with Gasteiger partial charge in [-0.1, -0.05) is 60.7 Å². The van der Waals surface area contributed by atoms with Gasteiger partial charge in [-0.3, -0.25) is 14.4 Å². The summed E-state index contributed by atoms with van der Waals surface area (Å²) in [5.41, 5.74) is 1.38. The number of piperidine rings is 2. The monoisotopic (exact) mass is 416 g/mol. The first-order valence-corrected chi connectivity index (χ1v) is 11.2. The summed E-state index contributed by atoms with van der Waals surface area (Å²) in [7, 11) is 0. The molecule has 3 aliphatic rings. The second-order valence-electron chi connectivity index (χ2n) is 9.44. The van der Waals surface area contributed by atoms with Crippen LogP contribution in [0.4, 0.5) is 0 Å². The predicted molar refractivity (Wildman–Crippen MR) is 117 cm³/mol. The number of ketones is 1.